The van der Waals surface area contributed by atoms with Gasteiger partial charge in [-0.15, -0.1) is 0 Å². The third-order valence-electron chi connectivity index (χ3n) is 6.13. The van der Waals surface area contributed by atoms with Crippen molar-refractivity contribution in [3.63, 3.8) is 0 Å². The molecule has 1 unspecified atom stereocenters. The number of rotatable bonds is 7. The topological polar surface area (TPSA) is 61.5 Å². The van der Waals surface area contributed by atoms with Crippen LogP contribution in [-0.4, -0.2) is 60.2 Å². The molecule has 1 aliphatic rings. The van der Waals surface area contributed by atoms with Crippen molar-refractivity contribution in [1.82, 2.24) is 14.4 Å². The first-order chi connectivity index (χ1) is 15.8. The summed E-state index contributed by atoms with van der Waals surface area (Å²) in [7, 11) is 1.67. The van der Waals surface area contributed by atoms with Crippen molar-refractivity contribution < 1.29 is 13.9 Å². The minimum Gasteiger partial charge on any atom is -0.383 e. The van der Waals surface area contributed by atoms with Crippen molar-refractivity contribution in [3.05, 3.63) is 63.2 Å². The summed E-state index contributed by atoms with van der Waals surface area (Å²) < 4.78 is 21.5. The summed E-state index contributed by atoms with van der Waals surface area (Å²) in [6.07, 6.45) is 1.67. The fourth-order valence-corrected chi connectivity index (χ4v) is 4.65. The highest BCUT2D eigenvalue weighted by atomic mass is 35.5. The van der Waals surface area contributed by atoms with Gasteiger partial charge >= 0.3 is 0 Å². The number of ether oxygens (including phenoxy) is 1. The lowest BCUT2D eigenvalue weighted by atomic mass is 10.1. The molecule has 2 heterocycles. The first-order valence-corrected chi connectivity index (χ1v) is 11.4. The van der Waals surface area contributed by atoms with Gasteiger partial charge in [0.1, 0.15) is 17.5 Å². The Kier molecular flexibility index (Phi) is 8.30. The number of aryl methyl sites for hydroxylation is 1. The highest BCUT2D eigenvalue weighted by molar-refractivity contribution is 6.31. The molecule has 0 radical (unpaired) electrons. The number of hydrogen-bond donors (Lipinski definition) is 0. The van der Waals surface area contributed by atoms with E-state index in [-0.39, 0.29) is 23.3 Å². The largest absolute Gasteiger partial charge is 0.383 e. The Bertz CT molecular complexity index is 1060. The average molecular weight is 473 g/mol. The summed E-state index contributed by atoms with van der Waals surface area (Å²) in [5.41, 5.74) is 3.47. The molecule has 1 fully saturated rings. The number of aromatic nitrogens is 1. The van der Waals surface area contributed by atoms with E-state index in [2.05, 4.69) is 22.5 Å². The molecule has 3 rings (SSSR count). The van der Waals surface area contributed by atoms with Gasteiger partial charge in [0.15, 0.2) is 0 Å². The van der Waals surface area contributed by atoms with E-state index in [0.29, 0.717) is 49.9 Å². The second-order valence-corrected chi connectivity index (χ2v) is 8.85. The van der Waals surface area contributed by atoms with Gasteiger partial charge in [-0.1, -0.05) is 17.7 Å². The number of nitrogens with zero attached hydrogens (tertiary/aromatic N) is 4. The molecule has 0 spiro atoms. The Morgan fingerprint density at radius 2 is 2.00 bits per heavy atom. The van der Waals surface area contributed by atoms with E-state index in [1.165, 1.54) is 6.07 Å². The third-order valence-corrected chi connectivity index (χ3v) is 6.48. The van der Waals surface area contributed by atoms with Gasteiger partial charge in [0.05, 0.1) is 12.6 Å². The Hall–Kier alpha value is -2.66. The first-order valence-electron chi connectivity index (χ1n) is 11.0. The molecule has 0 aliphatic carbocycles. The van der Waals surface area contributed by atoms with Gasteiger partial charge in [0.25, 0.3) is 5.91 Å². The highest BCUT2D eigenvalue weighted by Gasteiger charge is 2.25. The quantitative estimate of drug-likeness (QED) is 0.444. The van der Waals surface area contributed by atoms with Crippen LogP contribution in [0.3, 0.4) is 0 Å². The van der Waals surface area contributed by atoms with E-state index in [9.17, 15) is 14.4 Å². The molecule has 1 saturated heterocycles. The van der Waals surface area contributed by atoms with Crippen molar-refractivity contribution >= 4 is 23.6 Å². The molecule has 6 nitrogen and oxygen atoms in total. The molecule has 8 heteroatoms. The standard InChI is InChI=1S/C25H30ClFN4O2/c1-17-12-20(19(3)31(17)18(2)16-33-4)13-21(14-28)25(32)30-10-8-29(9-11-30)15-22-23(26)6-5-7-24(22)27/h5-7,12-13,18H,8-11,15-16H2,1-4H3/b21-13+. The van der Waals surface area contributed by atoms with Crippen molar-refractivity contribution in [2.75, 3.05) is 39.9 Å². The van der Waals surface area contributed by atoms with Crippen molar-refractivity contribution in [2.45, 2.75) is 33.4 Å². The average Bonchev–Trinajstić information content (AvgIpc) is 3.07. The molecule has 1 amide bonds. The molecule has 0 saturated carbocycles. The van der Waals surface area contributed by atoms with Crippen LogP contribution in [-0.2, 0) is 16.1 Å². The maximum absolute atomic E-state index is 14.1. The van der Waals surface area contributed by atoms with Gasteiger partial charge in [0.2, 0.25) is 0 Å². The Balaban J connectivity index is 1.69. The number of benzene rings is 1. The molecule has 2 aromatic rings. The smallest absolute Gasteiger partial charge is 0.264 e. The molecular formula is C25H30ClFN4O2. The van der Waals surface area contributed by atoms with Gasteiger partial charge in [-0.2, -0.15) is 5.26 Å². The predicted octanol–water partition coefficient (Wildman–Crippen LogP) is 4.36. The van der Waals surface area contributed by atoms with E-state index in [0.717, 1.165) is 17.0 Å². The number of nitriles is 1. The maximum Gasteiger partial charge on any atom is 0.264 e. The number of hydrogen-bond acceptors (Lipinski definition) is 4. The van der Waals surface area contributed by atoms with Crippen LogP contribution in [0.1, 0.15) is 35.5 Å². The van der Waals surface area contributed by atoms with Gasteiger partial charge < -0.3 is 14.2 Å². The van der Waals surface area contributed by atoms with Gasteiger partial charge in [-0.05, 0) is 50.6 Å². The first kappa shape index (κ1) is 25.0. The predicted molar refractivity (Wildman–Crippen MR) is 127 cm³/mol. The normalized spacial score (nSPS) is 16.0. The van der Waals surface area contributed by atoms with Crippen LogP contribution in [0.4, 0.5) is 4.39 Å². The highest BCUT2D eigenvalue weighted by Crippen LogP contribution is 2.24. The second kappa shape index (κ2) is 11.0. The van der Waals surface area contributed by atoms with Gasteiger partial charge in [0, 0.05) is 61.8 Å². The molecule has 0 N–H and O–H groups in total. The van der Waals surface area contributed by atoms with E-state index >= 15 is 0 Å². The van der Waals surface area contributed by atoms with E-state index in [4.69, 9.17) is 16.3 Å². The monoisotopic (exact) mass is 472 g/mol. The molecule has 176 valence electrons. The molecule has 33 heavy (non-hydrogen) atoms. The minimum absolute atomic E-state index is 0.111. The lowest BCUT2D eigenvalue weighted by Gasteiger charge is -2.34. The van der Waals surface area contributed by atoms with Crippen LogP contribution in [0.15, 0.2) is 29.8 Å². The fraction of sp³-hybridized carbons (Fsp3) is 0.440. The maximum atomic E-state index is 14.1. The zero-order chi connectivity index (χ0) is 24.1. The molecule has 1 aromatic heterocycles. The van der Waals surface area contributed by atoms with Crippen LogP contribution < -0.4 is 0 Å². The van der Waals surface area contributed by atoms with E-state index in [1.807, 2.05) is 19.9 Å². The molecule has 0 bridgehead atoms. The minimum atomic E-state index is -0.326. The Morgan fingerprint density at radius 1 is 1.30 bits per heavy atom. The van der Waals surface area contributed by atoms with Crippen LogP contribution in [0.25, 0.3) is 6.08 Å². The van der Waals surface area contributed by atoms with Gasteiger partial charge in [-0.25, -0.2) is 4.39 Å². The second-order valence-electron chi connectivity index (χ2n) is 8.44. The van der Waals surface area contributed by atoms with Crippen LogP contribution in [0, 0.1) is 31.0 Å². The summed E-state index contributed by atoms with van der Waals surface area (Å²) in [6.45, 7) is 9.12. The number of carbonyl (C=O) groups excluding carboxylic acids is 1. The summed E-state index contributed by atoms with van der Waals surface area (Å²) in [5, 5.41) is 10.1. The number of piperazine rings is 1. The van der Waals surface area contributed by atoms with Crippen molar-refractivity contribution in [1.29, 1.82) is 5.26 Å². The summed E-state index contributed by atoms with van der Waals surface area (Å²) >= 11 is 6.14. The SMILES string of the molecule is COCC(C)n1c(C)cc(/C=C(\C#N)C(=O)N2CCN(Cc3c(F)cccc3Cl)CC2)c1C. The van der Waals surface area contributed by atoms with Crippen LogP contribution >= 0.6 is 11.6 Å². The fourth-order valence-electron chi connectivity index (χ4n) is 4.43. The zero-order valence-corrected chi connectivity index (χ0v) is 20.3. The molecule has 1 atom stereocenters. The number of amides is 1. The molecular weight excluding hydrogens is 443 g/mol. The van der Waals surface area contributed by atoms with Gasteiger partial charge in [-0.3, -0.25) is 9.69 Å². The number of carbonyl (C=O) groups is 1. The summed E-state index contributed by atoms with van der Waals surface area (Å²) in [5.74, 6) is -0.607. The van der Waals surface area contributed by atoms with Crippen molar-refractivity contribution in [2.24, 2.45) is 0 Å². The number of halogens is 2. The molecule has 1 aromatic carbocycles. The summed E-state index contributed by atoms with van der Waals surface area (Å²) in [6, 6.07) is 8.88. The lowest BCUT2D eigenvalue weighted by Crippen LogP contribution is -2.48. The van der Waals surface area contributed by atoms with Crippen LogP contribution in [0.5, 0.6) is 0 Å². The third kappa shape index (κ3) is 5.64. The van der Waals surface area contributed by atoms with Crippen molar-refractivity contribution in [3.8, 4) is 6.07 Å². The number of methoxy groups -OCH3 is 1. The van der Waals surface area contributed by atoms with Crippen LogP contribution in [0.2, 0.25) is 5.02 Å². The molecule has 1 aliphatic heterocycles. The zero-order valence-electron chi connectivity index (χ0n) is 19.6. The van der Waals surface area contributed by atoms with E-state index in [1.54, 1.807) is 30.2 Å². The summed E-state index contributed by atoms with van der Waals surface area (Å²) in [4.78, 5) is 16.8. The Labute approximate surface area is 199 Å². The Morgan fingerprint density at radius 3 is 2.61 bits per heavy atom. The van der Waals surface area contributed by atoms with E-state index < -0.39 is 0 Å². The lowest BCUT2D eigenvalue weighted by molar-refractivity contribution is -0.128.